The number of ether oxygens (including phenoxy) is 4. The SMILES string of the molecule is COc1cc(OC)c2nc(C)c3c(c2c1)N(Cc1ccc2c(c1)OCO2)CC3.O=CO. The minimum absolute atomic E-state index is 0.250. The summed E-state index contributed by atoms with van der Waals surface area (Å²) in [5, 5.41) is 7.95. The van der Waals surface area contributed by atoms with Crippen molar-refractivity contribution in [1.29, 1.82) is 0 Å². The van der Waals surface area contributed by atoms with E-state index in [-0.39, 0.29) is 6.47 Å². The number of hydrogen-bond acceptors (Lipinski definition) is 7. The average Bonchev–Trinajstić information content (AvgIpc) is 3.41. The first-order valence-corrected chi connectivity index (χ1v) is 9.86. The third kappa shape index (κ3) is 3.76. The van der Waals surface area contributed by atoms with E-state index in [1.807, 2.05) is 12.1 Å². The van der Waals surface area contributed by atoms with Gasteiger partial charge < -0.3 is 29.0 Å². The van der Waals surface area contributed by atoms with Crippen LogP contribution in [0.1, 0.15) is 16.8 Å². The standard InChI is InChI=1S/C22H22N2O4.CH2O2/c1-13-16-6-7-24(11-14-4-5-18-19(8-14)28-12-27-18)22(16)17-9-15(25-2)10-20(26-3)21(17)23-13;2-1-3/h4-5,8-10H,6-7,11-12H2,1-3H3;1H,(H,2,3). The van der Waals surface area contributed by atoms with Crippen LogP contribution in [0.3, 0.4) is 0 Å². The summed E-state index contributed by atoms with van der Waals surface area (Å²) < 4.78 is 22.1. The molecule has 0 saturated heterocycles. The van der Waals surface area contributed by atoms with Crippen molar-refractivity contribution in [1.82, 2.24) is 4.98 Å². The van der Waals surface area contributed by atoms with E-state index in [1.165, 1.54) is 16.8 Å². The van der Waals surface area contributed by atoms with Gasteiger partial charge in [0.25, 0.3) is 6.47 Å². The lowest BCUT2D eigenvalue weighted by atomic mass is 10.1. The molecule has 162 valence electrons. The van der Waals surface area contributed by atoms with E-state index in [1.54, 1.807) is 14.2 Å². The summed E-state index contributed by atoms with van der Waals surface area (Å²) in [5.74, 6) is 3.13. The van der Waals surface area contributed by atoms with Crippen LogP contribution in [0.2, 0.25) is 0 Å². The van der Waals surface area contributed by atoms with Crippen molar-refractivity contribution >= 4 is 23.1 Å². The maximum Gasteiger partial charge on any atom is 0.290 e. The number of aromatic nitrogens is 1. The normalized spacial score (nSPS) is 13.5. The van der Waals surface area contributed by atoms with Gasteiger partial charge in [-0.25, -0.2) is 4.98 Å². The quantitative estimate of drug-likeness (QED) is 0.636. The van der Waals surface area contributed by atoms with E-state index in [9.17, 15) is 0 Å². The number of carbonyl (C=O) groups is 1. The Kier molecular flexibility index (Phi) is 5.70. The zero-order valence-electron chi connectivity index (χ0n) is 17.7. The molecule has 0 fully saturated rings. The summed E-state index contributed by atoms with van der Waals surface area (Å²) in [6.07, 6.45) is 0.980. The minimum atomic E-state index is -0.250. The van der Waals surface area contributed by atoms with Crippen LogP contribution in [0, 0.1) is 6.92 Å². The highest BCUT2D eigenvalue weighted by atomic mass is 16.7. The highest BCUT2D eigenvalue weighted by Gasteiger charge is 2.27. The molecule has 2 aliphatic rings. The van der Waals surface area contributed by atoms with E-state index >= 15 is 0 Å². The van der Waals surface area contributed by atoms with Gasteiger partial charge >= 0.3 is 0 Å². The average molecular weight is 424 g/mol. The van der Waals surface area contributed by atoms with Gasteiger partial charge in [0.1, 0.15) is 17.0 Å². The minimum Gasteiger partial charge on any atom is -0.497 e. The Bertz CT molecular complexity index is 1130. The number of methoxy groups -OCH3 is 2. The molecule has 0 atom stereocenters. The Labute approximate surface area is 179 Å². The van der Waals surface area contributed by atoms with Crippen LogP contribution in [0.5, 0.6) is 23.0 Å². The number of aryl methyl sites for hydroxylation is 1. The molecule has 1 aromatic heterocycles. The van der Waals surface area contributed by atoms with E-state index in [4.69, 9.17) is 33.8 Å². The largest absolute Gasteiger partial charge is 0.497 e. The van der Waals surface area contributed by atoms with Crippen LogP contribution in [-0.2, 0) is 17.8 Å². The summed E-state index contributed by atoms with van der Waals surface area (Å²) in [4.78, 5) is 15.6. The number of pyridine rings is 1. The second-order valence-electron chi connectivity index (χ2n) is 7.21. The molecule has 3 aromatic rings. The Morgan fingerprint density at radius 2 is 1.94 bits per heavy atom. The molecule has 0 bridgehead atoms. The summed E-state index contributed by atoms with van der Waals surface area (Å²) in [5.41, 5.74) is 5.63. The summed E-state index contributed by atoms with van der Waals surface area (Å²) in [6.45, 7) is 3.86. The maximum atomic E-state index is 8.36. The third-order valence-electron chi connectivity index (χ3n) is 5.52. The third-order valence-corrected chi connectivity index (χ3v) is 5.52. The summed E-state index contributed by atoms with van der Waals surface area (Å²) in [7, 11) is 3.34. The Morgan fingerprint density at radius 3 is 2.68 bits per heavy atom. The van der Waals surface area contributed by atoms with Gasteiger partial charge in [-0.15, -0.1) is 0 Å². The molecule has 0 radical (unpaired) electrons. The summed E-state index contributed by atoms with van der Waals surface area (Å²) in [6, 6.07) is 10.1. The van der Waals surface area contributed by atoms with Crippen LogP contribution >= 0.6 is 0 Å². The second kappa shape index (κ2) is 8.59. The van der Waals surface area contributed by atoms with Gasteiger partial charge in [-0.2, -0.15) is 0 Å². The molecule has 0 saturated carbocycles. The second-order valence-corrected chi connectivity index (χ2v) is 7.21. The molecule has 1 N–H and O–H groups in total. The van der Waals surface area contributed by atoms with Gasteiger partial charge in [-0.1, -0.05) is 6.07 Å². The van der Waals surface area contributed by atoms with Crippen molar-refractivity contribution in [3.05, 3.63) is 47.2 Å². The summed E-state index contributed by atoms with van der Waals surface area (Å²) >= 11 is 0. The van der Waals surface area contributed by atoms with Crippen molar-refractivity contribution in [3.8, 4) is 23.0 Å². The van der Waals surface area contributed by atoms with Crippen LogP contribution in [0.15, 0.2) is 30.3 Å². The lowest BCUT2D eigenvalue weighted by Gasteiger charge is -2.22. The molecule has 0 spiro atoms. The fourth-order valence-electron chi connectivity index (χ4n) is 4.16. The van der Waals surface area contributed by atoms with Crippen LogP contribution in [-0.4, -0.2) is 44.1 Å². The van der Waals surface area contributed by atoms with Crippen molar-refractivity contribution in [3.63, 3.8) is 0 Å². The number of anilines is 1. The van der Waals surface area contributed by atoms with E-state index in [0.29, 0.717) is 6.79 Å². The van der Waals surface area contributed by atoms with E-state index < -0.39 is 0 Å². The molecule has 3 heterocycles. The van der Waals surface area contributed by atoms with Crippen molar-refractivity contribution < 1.29 is 28.8 Å². The topological polar surface area (TPSA) is 90.4 Å². The lowest BCUT2D eigenvalue weighted by Crippen LogP contribution is -2.20. The molecule has 0 aliphatic carbocycles. The van der Waals surface area contributed by atoms with Gasteiger partial charge in [-0.05, 0) is 42.7 Å². The zero-order valence-corrected chi connectivity index (χ0v) is 17.7. The zero-order chi connectivity index (χ0) is 22.0. The van der Waals surface area contributed by atoms with Crippen molar-refractivity contribution in [2.45, 2.75) is 19.9 Å². The first kappa shape index (κ1) is 20.6. The molecule has 2 aliphatic heterocycles. The van der Waals surface area contributed by atoms with Gasteiger partial charge in [0.05, 0.1) is 19.9 Å². The lowest BCUT2D eigenvalue weighted by molar-refractivity contribution is -0.122. The van der Waals surface area contributed by atoms with Gasteiger partial charge in [-0.3, -0.25) is 4.79 Å². The first-order chi connectivity index (χ1) is 15.1. The Hall–Kier alpha value is -3.68. The maximum absolute atomic E-state index is 8.36. The fraction of sp³-hybridized carbons (Fsp3) is 0.304. The molecule has 8 heteroatoms. The number of fused-ring (bicyclic) bond motifs is 4. The number of benzene rings is 2. The van der Waals surface area contributed by atoms with Crippen molar-refractivity contribution in [2.75, 3.05) is 32.5 Å². The molecule has 0 amide bonds. The van der Waals surface area contributed by atoms with Crippen LogP contribution < -0.4 is 23.8 Å². The number of rotatable bonds is 4. The molecule has 2 aromatic carbocycles. The molecule has 0 unspecified atom stereocenters. The molecular formula is C23H24N2O6. The Balaban J connectivity index is 0.000000730. The number of hydrogen-bond donors (Lipinski definition) is 1. The smallest absolute Gasteiger partial charge is 0.290 e. The monoisotopic (exact) mass is 424 g/mol. The highest BCUT2D eigenvalue weighted by Crippen LogP contribution is 2.42. The molecule has 5 rings (SSSR count). The van der Waals surface area contributed by atoms with Gasteiger partial charge in [0, 0.05) is 30.2 Å². The molecule has 8 nitrogen and oxygen atoms in total. The highest BCUT2D eigenvalue weighted by molar-refractivity contribution is 5.99. The van der Waals surface area contributed by atoms with E-state index in [2.05, 4.69) is 30.0 Å². The predicted octanol–water partition coefficient (Wildman–Crippen LogP) is 3.55. The van der Waals surface area contributed by atoms with Gasteiger partial charge in [0.2, 0.25) is 6.79 Å². The van der Waals surface area contributed by atoms with Crippen LogP contribution in [0.4, 0.5) is 5.69 Å². The first-order valence-electron chi connectivity index (χ1n) is 9.86. The number of nitrogens with zero attached hydrogens (tertiary/aromatic N) is 2. The molecular weight excluding hydrogens is 400 g/mol. The predicted molar refractivity (Wildman–Crippen MR) is 116 cm³/mol. The Morgan fingerprint density at radius 1 is 1.16 bits per heavy atom. The van der Waals surface area contributed by atoms with Crippen LogP contribution in [0.25, 0.3) is 10.9 Å². The number of carboxylic acid groups (broad SMARTS) is 1. The van der Waals surface area contributed by atoms with E-state index in [0.717, 1.165) is 59.1 Å². The molecule has 31 heavy (non-hydrogen) atoms. The van der Waals surface area contributed by atoms with Gasteiger partial charge in [0.15, 0.2) is 11.5 Å². The van der Waals surface area contributed by atoms with Crippen molar-refractivity contribution in [2.24, 2.45) is 0 Å². The fourth-order valence-corrected chi connectivity index (χ4v) is 4.16.